The fraction of sp³-hybridized carbons (Fsp3) is 0.175. The molecule has 0 aliphatic carbocycles. The largest absolute Gasteiger partial charge is 0.309 e. The third-order valence-electron chi connectivity index (χ3n) is 18.3. The lowest BCUT2D eigenvalue weighted by Crippen LogP contribution is -2.15. The summed E-state index contributed by atoms with van der Waals surface area (Å²) in [4.78, 5) is 5.08. The van der Waals surface area contributed by atoms with Crippen LogP contribution < -0.4 is 9.80 Å². The van der Waals surface area contributed by atoms with Crippen LogP contribution in [0.1, 0.15) is 103 Å². The van der Waals surface area contributed by atoms with Crippen molar-refractivity contribution in [3.8, 4) is 22.3 Å². The molecule has 15 aromatic rings. The van der Waals surface area contributed by atoms with Crippen molar-refractivity contribution in [3.05, 3.63) is 253 Å². The van der Waals surface area contributed by atoms with Gasteiger partial charge < -0.3 is 18.6 Å². The highest BCUT2D eigenvalue weighted by atomic mass is 15.2. The van der Waals surface area contributed by atoms with Gasteiger partial charge in [0, 0.05) is 65.6 Å². The number of rotatable bonds is 10. The summed E-state index contributed by atoms with van der Waals surface area (Å²) in [6.45, 7) is 23.0. The second-order valence-corrected chi connectivity index (χ2v) is 26.2. The summed E-state index contributed by atoms with van der Waals surface area (Å²) >= 11 is 0. The van der Waals surface area contributed by atoms with Crippen LogP contribution in [0.4, 0.5) is 34.1 Å². The highest BCUT2D eigenvalue weighted by Gasteiger charge is 2.31. The van der Waals surface area contributed by atoms with Gasteiger partial charge in [-0.2, -0.15) is 0 Å². The first-order valence-corrected chi connectivity index (χ1v) is 30.1. The molecular formula is C80H70N4. The van der Waals surface area contributed by atoms with Crippen LogP contribution in [0.5, 0.6) is 0 Å². The van der Waals surface area contributed by atoms with E-state index >= 15 is 0 Å². The Labute approximate surface area is 493 Å². The fourth-order valence-electron chi connectivity index (χ4n) is 13.8. The molecule has 0 amide bonds. The fourth-order valence-corrected chi connectivity index (χ4v) is 13.8. The Bertz CT molecular complexity index is 4690. The standard InChI is InChI=1S/C80H70N4/c1-49(2)51-29-35-57(36-30-51)81(69-41-33-55(79(5,6)7)45-63(69)53-21-13-11-14-22-53)71-43-39-59-65-47-74-66(48-73(65)83-67-27-19-17-25-61(67)75(71)77(59)83)60-40-44-72(76-62-26-18-20-28-68(62)84(74)78(60)76)82(58-37-31-52(32-38-58)50(3)4)70-42-34-56(80(8,9)10)46-64(70)54-23-15-12-16-24-54/h11-50H,1-10H3. The molecule has 0 atom stereocenters. The zero-order chi connectivity index (χ0) is 57.5. The minimum atomic E-state index is -0.0353. The average Bonchev–Trinajstić information content (AvgIpc) is 1.79. The summed E-state index contributed by atoms with van der Waals surface area (Å²) in [5.74, 6) is 0.830. The van der Waals surface area contributed by atoms with Crippen molar-refractivity contribution in [3.63, 3.8) is 0 Å². The molecule has 0 fully saturated rings. The molecule has 0 N–H and O–H groups in total. The van der Waals surface area contributed by atoms with Crippen molar-refractivity contribution >= 4 is 110 Å². The molecule has 0 saturated carbocycles. The summed E-state index contributed by atoms with van der Waals surface area (Å²) < 4.78 is 5.15. The van der Waals surface area contributed by atoms with Gasteiger partial charge in [-0.25, -0.2) is 0 Å². The number of aromatic nitrogens is 2. The van der Waals surface area contributed by atoms with Gasteiger partial charge >= 0.3 is 0 Å². The van der Waals surface area contributed by atoms with Crippen LogP contribution >= 0.6 is 0 Å². The summed E-state index contributed by atoms with van der Waals surface area (Å²) in [6, 6.07) is 87.6. The van der Waals surface area contributed by atoms with E-state index in [2.05, 4.69) is 318 Å². The molecule has 15 rings (SSSR count). The van der Waals surface area contributed by atoms with Gasteiger partial charge in [0.1, 0.15) is 0 Å². The molecule has 4 heterocycles. The van der Waals surface area contributed by atoms with Crippen molar-refractivity contribution < 1.29 is 0 Å². The molecule has 0 bridgehead atoms. The molecule has 0 aliphatic heterocycles. The molecule has 0 spiro atoms. The number of fused-ring (bicyclic) bond motifs is 12. The van der Waals surface area contributed by atoms with E-state index in [-0.39, 0.29) is 10.8 Å². The monoisotopic (exact) mass is 1090 g/mol. The Morgan fingerprint density at radius 1 is 0.310 bits per heavy atom. The van der Waals surface area contributed by atoms with Crippen LogP contribution in [0.15, 0.2) is 231 Å². The smallest absolute Gasteiger partial charge is 0.0641 e. The third-order valence-corrected chi connectivity index (χ3v) is 18.3. The Hall–Kier alpha value is -9.38. The van der Waals surface area contributed by atoms with Gasteiger partial charge in [0.2, 0.25) is 0 Å². The lowest BCUT2D eigenvalue weighted by Gasteiger charge is -2.30. The predicted octanol–water partition coefficient (Wildman–Crippen LogP) is 23.1. The van der Waals surface area contributed by atoms with E-state index in [1.165, 1.54) is 121 Å². The van der Waals surface area contributed by atoms with E-state index in [0.29, 0.717) is 11.8 Å². The molecule has 0 radical (unpaired) electrons. The molecule has 84 heavy (non-hydrogen) atoms. The van der Waals surface area contributed by atoms with Crippen LogP contribution in [0.3, 0.4) is 0 Å². The van der Waals surface area contributed by atoms with Crippen LogP contribution in [-0.2, 0) is 10.8 Å². The highest BCUT2D eigenvalue weighted by molar-refractivity contribution is 6.32. The first-order chi connectivity index (χ1) is 40.6. The first kappa shape index (κ1) is 51.5. The van der Waals surface area contributed by atoms with E-state index in [1.807, 2.05) is 0 Å². The van der Waals surface area contributed by atoms with Gasteiger partial charge in [-0.05, 0) is 141 Å². The number of anilines is 6. The Balaban J connectivity index is 1.00. The highest BCUT2D eigenvalue weighted by Crippen LogP contribution is 2.53. The topological polar surface area (TPSA) is 15.3 Å². The maximum atomic E-state index is 2.58. The van der Waals surface area contributed by atoms with Crippen LogP contribution in [0.2, 0.25) is 0 Å². The van der Waals surface area contributed by atoms with Gasteiger partial charge in [0.25, 0.3) is 0 Å². The molecule has 4 nitrogen and oxygen atoms in total. The average molecular weight is 1090 g/mol. The zero-order valence-corrected chi connectivity index (χ0v) is 49.9. The van der Waals surface area contributed by atoms with Crippen LogP contribution in [-0.4, -0.2) is 8.80 Å². The number of hydrogen-bond donors (Lipinski definition) is 0. The summed E-state index contributed by atoms with van der Waals surface area (Å²) in [7, 11) is 0. The Morgan fingerprint density at radius 2 is 0.667 bits per heavy atom. The number of nitrogens with zero attached hydrogens (tertiary/aromatic N) is 4. The van der Waals surface area contributed by atoms with Crippen molar-refractivity contribution in [2.75, 3.05) is 9.80 Å². The van der Waals surface area contributed by atoms with E-state index in [1.54, 1.807) is 0 Å². The lowest BCUT2D eigenvalue weighted by atomic mass is 9.84. The molecule has 4 heteroatoms. The minimum Gasteiger partial charge on any atom is -0.309 e. The summed E-state index contributed by atoms with van der Waals surface area (Å²) in [6.07, 6.45) is 0. The molecule has 4 aromatic heterocycles. The van der Waals surface area contributed by atoms with Crippen LogP contribution in [0, 0.1) is 0 Å². The minimum absolute atomic E-state index is 0.0353. The van der Waals surface area contributed by atoms with E-state index in [9.17, 15) is 0 Å². The quantitative estimate of drug-likeness (QED) is 0.136. The van der Waals surface area contributed by atoms with Crippen molar-refractivity contribution in [1.82, 2.24) is 8.80 Å². The molecule has 11 aromatic carbocycles. The van der Waals surface area contributed by atoms with Gasteiger partial charge in [0.05, 0.1) is 55.8 Å². The summed E-state index contributed by atoms with van der Waals surface area (Å²) in [5.41, 5.74) is 24.2. The molecule has 0 saturated heterocycles. The molecule has 0 aliphatic rings. The van der Waals surface area contributed by atoms with Gasteiger partial charge in [-0.1, -0.05) is 215 Å². The Kier molecular flexibility index (Phi) is 11.7. The summed E-state index contributed by atoms with van der Waals surface area (Å²) in [5, 5.41) is 9.96. The zero-order valence-electron chi connectivity index (χ0n) is 49.9. The first-order valence-electron chi connectivity index (χ1n) is 30.1. The second-order valence-electron chi connectivity index (χ2n) is 26.2. The molecule has 0 unspecified atom stereocenters. The normalized spacial score (nSPS) is 12.6. The van der Waals surface area contributed by atoms with Gasteiger partial charge in [-0.15, -0.1) is 0 Å². The van der Waals surface area contributed by atoms with Crippen molar-refractivity contribution in [2.45, 2.75) is 91.9 Å². The number of para-hydroxylation sites is 2. The number of benzene rings is 11. The predicted molar refractivity (Wildman–Crippen MR) is 362 cm³/mol. The SMILES string of the molecule is CC(C)c1ccc(N(c2ccc(C(C)(C)C)cc2-c2ccccc2)c2ccc3c4cc5c(cc4n4c6ccccc6c2c34)c2ccc(N(c3ccc(C(C)C)cc3)c3ccc(C(C)(C)C)cc3-c3ccccc3)c3c4ccccc4n5c23)cc1. The number of hydrogen-bond acceptors (Lipinski definition) is 2. The maximum absolute atomic E-state index is 2.58. The third kappa shape index (κ3) is 7.94. The Morgan fingerprint density at radius 3 is 1.04 bits per heavy atom. The van der Waals surface area contributed by atoms with Gasteiger partial charge in [0.15, 0.2) is 0 Å². The lowest BCUT2D eigenvalue weighted by molar-refractivity contribution is 0.590. The second kappa shape index (κ2) is 19.1. The van der Waals surface area contributed by atoms with E-state index < -0.39 is 0 Å². The van der Waals surface area contributed by atoms with E-state index in [4.69, 9.17) is 0 Å². The van der Waals surface area contributed by atoms with Gasteiger partial charge in [-0.3, -0.25) is 0 Å². The van der Waals surface area contributed by atoms with E-state index in [0.717, 1.165) is 34.1 Å². The molecule has 410 valence electrons. The maximum Gasteiger partial charge on any atom is 0.0641 e. The van der Waals surface area contributed by atoms with Crippen molar-refractivity contribution in [2.24, 2.45) is 0 Å². The van der Waals surface area contributed by atoms with Crippen molar-refractivity contribution in [1.29, 1.82) is 0 Å². The van der Waals surface area contributed by atoms with Crippen LogP contribution in [0.25, 0.3) is 98.4 Å². The molecular weight excluding hydrogens is 1020 g/mol.